The Bertz CT molecular complexity index is 703. The van der Waals surface area contributed by atoms with E-state index in [0.717, 1.165) is 17.2 Å². The Morgan fingerprint density at radius 3 is 2.95 bits per heavy atom. The quantitative estimate of drug-likeness (QED) is 0.800. The smallest absolute Gasteiger partial charge is 0.138 e. The molecular formula is C13H13ClN6. The molecule has 0 saturated heterocycles. The topological polar surface area (TPSA) is 60.6 Å². The molecule has 2 aromatic heterocycles. The SMILES string of the molecule is Cn1ccnc1CNc1cc(Cl)ccc1-n1cncn1. The largest absolute Gasteiger partial charge is 0.376 e. The second kappa shape index (κ2) is 5.34. The fourth-order valence-corrected chi connectivity index (χ4v) is 2.10. The third kappa shape index (κ3) is 2.50. The van der Waals surface area contributed by atoms with Gasteiger partial charge in [-0.1, -0.05) is 11.6 Å². The van der Waals surface area contributed by atoms with Gasteiger partial charge in [0.05, 0.1) is 17.9 Å². The van der Waals surface area contributed by atoms with Gasteiger partial charge >= 0.3 is 0 Å². The predicted octanol–water partition coefficient (Wildman–Crippen LogP) is 2.27. The Labute approximate surface area is 121 Å². The Balaban J connectivity index is 1.88. The fourth-order valence-electron chi connectivity index (χ4n) is 1.92. The number of benzene rings is 1. The Morgan fingerprint density at radius 2 is 2.25 bits per heavy atom. The van der Waals surface area contributed by atoms with Crippen LogP contribution < -0.4 is 5.32 Å². The molecular weight excluding hydrogens is 276 g/mol. The highest BCUT2D eigenvalue weighted by Crippen LogP contribution is 2.24. The zero-order chi connectivity index (χ0) is 13.9. The molecule has 0 fully saturated rings. The summed E-state index contributed by atoms with van der Waals surface area (Å²) >= 11 is 6.06. The van der Waals surface area contributed by atoms with Crippen LogP contribution in [0.25, 0.3) is 5.69 Å². The number of nitrogens with one attached hydrogen (secondary N) is 1. The maximum atomic E-state index is 6.06. The standard InChI is InChI=1S/C13H13ClN6/c1-19-5-4-16-13(19)7-17-11-6-10(14)2-3-12(11)20-9-15-8-18-20/h2-6,8-9,17H,7H2,1H3. The first-order chi connectivity index (χ1) is 9.74. The number of aromatic nitrogens is 5. The van der Waals surface area contributed by atoms with Crippen molar-refractivity contribution in [3.8, 4) is 5.69 Å². The molecule has 0 aliphatic heterocycles. The molecule has 3 aromatic rings. The maximum Gasteiger partial charge on any atom is 0.138 e. The number of hydrogen-bond donors (Lipinski definition) is 1. The van der Waals surface area contributed by atoms with Gasteiger partial charge < -0.3 is 9.88 Å². The van der Waals surface area contributed by atoms with Crippen LogP contribution in [-0.2, 0) is 13.6 Å². The second-order valence-corrected chi connectivity index (χ2v) is 4.75. The number of nitrogens with zero attached hydrogens (tertiary/aromatic N) is 5. The summed E-state index contributed by atoms with van der Waals surface area (Å²) in [5, 5.41) is 8.13. The molecule has 6 nitrogen and oxygen atoms in total. The Kier molecular flexibility index (Phi) is 3.39. The minimum Gasteiger partial charge on any atom is -0.376 e. The molecule has 1 aromatic carbocycles. The van der Waals surface area contributed by atoms with Gasteiger partial charge in [0.25, 0.3) is 0 Å². The molecule has 2 heterocycles. The van der Waals surface area contributed by atoms with E-state index in [9.17, 15) is 0 Å². The van der Waals surface area contributed by atoms with Crippen LogP contribution in [-0.4, -0.2) is 24.3 Å². The molecule has 0 bridgehead atoms. The number of halogens is 1. The summed E-state index contributed by atoms with van der Waals surface area (Å²) in [6.45, 7) is 0.603. The first-order valence-electron chi connectivity index (χ1n) is 6.08. The van der Waals surface area contributed by atoms with Crippen LogP contribution in [0.2, 0.25) is 5.02 Å². The summed E-state index contributed by atoms with van der Waals surface area (Å²) in [7, 11) is 1.96. The van der Waals surface area contributed by atoms with Crippen molar-refractivity contribution in [1.29, 1.82) is 0 Å². The Morgan fingerprint density at radius 1 is 1.35 bits per heavy atom. The summed E-state index contributed by atoms with van der Waals surface area (Å²) in [6.07, 6.45) is 6.83. The first-order valence-corrected chi connectivity index (χ1v) is 6.46. The highest BCUT2D eigenvalue weighted by molar-refractivity contribution is 6.31. The summed E-state index contributed by atoms with van der Waals surface area (Å²) in [5.74, 6) is 0.939. The Hall–Kier alpha value is -2.34. The maximum absolute atomic E-state index is 6.06. The van der Waals surface area contributed by atoms with Crippen molar-refractivity contribution in [2.45, 2.75) is 6.54 Å². The minimum atomic E-state index is 0.603. The average molecular weight is 289 g/mol. The first kappa shape index (κ1) is 12.7. The van der Waals surface area contributed by atoms with Crippen molar-refractivity contribution in [3.05, 3.63) is 54.1 Å². The zero-order valence-corrected chi connectivity index (χ0v) is 11.6. The van der Waals surface area contributed by atoms with Gasteiger partial charge in [-0.25, -0.2) is 14.6 Å². The lowest BCUT2D eigenvalue weighted by Crippen LogP contribution is -2.08. The molecule has 3 rings (SSSR count). The summed E-state index contributed by atoms with van der Waals surface area (Å²) in [5.41, 5.74) is 1.77. The van der Waals surface area contributed by atoms with Gasteiger partial charge in [-0.2, -0.15) is 5.10 Å². The minimum absolute atomic E-state index is 0.603. The van der Waals surface area contributed by atoms with Crippen LogP contribution in [0.3, 0.4) is 0 Å². The van der Waals surface area contributed by atoms with Crippen LogP contribution in [0.4, 0.5) is 5.69 Å². The molecule has 20 heavy (non-hydrogen) atoms. The number of anilines is 1. The molecule has 0 spiro atoms. The summed E-state index contributed by atoms with van der Waals surface area (Å²) in [4.78, 5) is 8.24. The van der Waals surface area contributed by atoms with Crippen LogP contribution in [0.5, 0.6) is 0 Å². The number of aryl methyl sites for hydroxylation is 1. The molecule has 0 saturated carbocycles. The van der Waals surface area contributed by atoms with E-state index in [1.54, 1.807) is 17.2 Å². The molecule has 0 unspecified atom stereocenters. The van der Waals surface area contributed by atoms with Gasteiger partial charge in [0.15, 0.2) is 0 Å². The number of hydrogen-bond acceptors (Lipinski definition) is 4. The van der Waals surface area contributed by atoms with Gasteiger partial charge in [0.2, 0.25) is 0 Å². The van der Waals surface area contributed by atoms with Crippen molar-refractivity contribution >= 4 is 17.3 Å². The third-order valence-electron chi connectivity index (χ3n) is 2.98. The van der Waals surface area contributed by atoms with E-state index >= 15 is 0 Å². The van der Waals surface area contributed by atoms with Gasteiger partial charge in [-0.15, -0.1) is 0 Å². The van der Waals surface area contributed by atoms with Crippen molar-refractivity contribution in [2.24, 2.45) is 7.05 Å². The highest BCUT2D eigenvalue weighted by atomic mass is 35.5. The molecule has 102 valence electrons. The monoisotopic (exact) mass is 288 g/mol. The van der Waals surface area contributed by atoms with Crippen molar-refractivity contribution in [2.75, 3.05) is 5.32 Å². The van der Waals surface area contributed by atoms with E-state index in [-0.39, 0.29) is 0 Å². The fraction of sp³-hybridized carbons (Fsp3) is 0.154. The third-order valence-corrected chi connectivity index (χ3v) is 3.22. The van der Waals surface area contributed by atoms with E-state index in [0.29, 0.717) is 11.6 Å². The van der Waals surface area contributed by atoms with E-state index in [1.807, 2.05) is 36.0 Å². The van der Waals surface area contributed by atoms with Gasteiger partial charge in [-0.3, -0.25) is 0 Å². The molecule has 0 atom stereocenters. The van der Waals surface area contributed by atoms with Crippen molar-refractivity contribution in [3.63, 3.8) is 0 Å². The second-order valence-electron chi connectivity index (χ2n) is 4.31. The zero-order valence-electron chi connectivity index (χ0n) is 10.9. The van der Waals surface area contributed by atoms with Crippen LogP contribution in [0.1, 0.15) is 5.82 Å². The van der Waals surface area contributed by atoms with E-state index in [4.69, 9.17) is 11.6 Å². The van der Waals surface area contributed by atoms with Gasteiger partial charge in [-0.05, 0) is 18.2 Å². The lowest BCUT2D eigenvalue weighted by atomic mass is 10.2. The molecule has 0 radical (unpaired) electrons. The van der Waals surface area contributed by atoms with E-state index in [1.165, 1.54) is 6.33 Å². The van der Waals surface area contributed by atoms with Crippen molar-refractivity contribution < 1.29 is 0 Å². The molecule has 0 aliphatic rings. The normalized spacial score (nSPS) is 10.7. The highest BCUT2D eigenvalue weighted by Gasteiger charge is 2.07. The van der Waals surface area contributed by atoms with Crippen LogP contribution in [0.15, 0.2) is 43.2 Å². The van der Waals surface area contributed by atoms with E-state index in [2.05, 4.69) is 20.4 Å². The predicted molar refractivity (Wildman–Crippen MR) is 76.9 cm³/mol. The molecule has 1 N–H and O–H groups in total. The van der Waals surface area contributed by atoms with Gasteiger partial charge in [0, 0.05) is 24.5 Å². The summed E-state index contributed by atoms with van der Waals surface area (Å²) < 4.78 is 3.66. The lowest BCUT2D eigenvalue weighted by molar-refractivity contribution is 0.810. The van der Waals surface area contributed by atoms with Crippen LogP contribution >= 0.6 is 11.6 Å². The van der Waals surface area contributed by atoms with Gasteiger partial charge in [0.1, 0.15) is 18.5 Å². The van der Waals surface area contributed by atoms with E-state index < -0.39 is 0 Å². The number of rotatable bonds is 4. The molecule has 0 amide bonds. The van der Waals surface area contributed by atoms with Crippen molar-refractivity contribution in [1.82, 2.24) is 24.3 Å². The number of imidazole rings is 1. The lowest BCUT2D eigenvalue weighted by Gasteiger charge is -2.12. The summed E-state index contributed by atoms with van der Waals surface area (Å²) in [6, 6.07) is 5.59. The molecule has 7 heteroatoms. The average Bonchev–Trinajstić information content (AvgIpc) is 3.08. The molecule has 0 aliphatic carbocycles. The van der Waals surface area contributed by atoms with Crippen LogP contribution in [0, 0.1) is 0 Å².